The predicted molar refractivity (Wildman–Crippen MR) is 109 cm³/mol. The third-order valence-corrected chi connectivity index (χ3v) is 5.45. The highest BCUT2D eigenvalue weighted by atomic mass is 32.1. The van der Waals surface area contributed by atoms with Gasteiger partial charge in [0, 0.05) is 37.1 Å². The van der Waals surface area contributed by atoms with Gasteiger partial charge in [-0.25, -0.2) is 9.37 Å². The van der Waals surface area contributed by atoms with Crippen molar-refractivity contribution in [3.05, 3.63) is 40.5 Å². The van der Waals surface area contributed by atoms with Crippen molar-refractivity contribution in [3.63, 3.8) is 0 Å². The van der Waals surface area contributed by atoms with E-state index in [1.165, 1.54) is 12.1 Å². The van der Waals surface area contributed by atoms with Gasteiger partial charge in [-0.3, -0.25) is 19.4 Å². The maximum absolute atomic E-state index is 13.1. The second kappa shape index (κ2) is 10.4. The first-order valence-electron chi connectivity index (χ1n) is 9.61. The minimum absolute atomic E-state index is 0.0902. The summed E-state index contributed by atoms with van der Waals surface area (Å²) in [5.74, 6) is -0.846. The number of ether oxygens (including phenoxy) is 1. The molecule has 1 aliphatic rings. The first kappa shape index (κ1) is 21.4. The first-order chi connectivity index (χ1) is 14.0. The molecule has 1 aromatic carbocycles. The van der Waals surface area contributed by atoms with E-state index >= 15 is 0 Å². The van der Waals surface area contributed by atoms with Crippen LogP contribution in [0.3, 0.4) is 0 Å². The van der Waals surface area contributed by atoms with E-state index in [-0.39, 0.29) is 24.8 Å². The quantitative estimate of drug-likeness (QED) is 0.656. The zero-order valence-corrected chi connectivity index (χ0v) is 17.2. The van der Waals surface area contributed by atoms with Gasteiger partial charge >= 0.3 is 5.97 Å². The number of hydrogen-bond donors (Lipinski definition) is 1. The fourth-order valence-electron chi connectivity index (χ4n) is 3.08. The topological polar surface area (TPSA) is 74.8 Å². The van der Waals surface area contributed by atoms with Gasteiger partial charge in [0.15, 0.2) is 0 Å². The molecule has 0 spiro atoms. The van der Waals surface area contributed by atoms with E-state index in [1.54, 1.807) is 30.4 Å². The number of thiazole rings is 1. The van der Waals surface area contributed by atoms with Gasteiger partial charge in [-0.1, -0.05) is 0 Å². The fraction of sp³-hybridized carbons (Fsp3) is 0.450. The van der Waals surface area contributed by atoms with Gasteiger partial charge < -0.3 is 10.1 Å². The number of aromatic nitrogens is 1. The predicted octanol–water partition coefficient (Wildman–Crippen LogP) is 1.75. The molecular weight excluding hydrogens is 395 g/mol. The molecular formula is C20H25FN4O3S. The molecule has 1 amide bonds. The van der Waals surface area contributed by atoms with Crippen molar-refractivity contribution < 1.29 is 18.7 Å². The molecule has 0 saturated carbocycles. The number of piperazine rings is 1. The molecule has 9 heteroatoms. The van der Waals surface area contributed by atoms with Crippen LogP contribution in [0.5, 0.6) is 0 Å². The van der Waals surface area contributed by atoms with Crippen molar-refractivity contribution in [2.75, 3.05) is 45.9 Å². The van der Waals surface area contributed by atoms with Crippen LogP contribution in [0.4, 0.5) is 4.39 Å². The molecule has 1 aliphatic heterocycles. The third kappa shape index (κ3) is 6.59. The average molecular weight is 421 g/mol. The number of hydrogen-bond acceptors (Lipinski definition) is 7. The normalized spacial score (nSPS) is 15.2. The van der Waals surface area contributed by atoms with Crippen LogP contribution in [-0.4, -0.2) is 72.5 Å². The summed E-state index contributed by atoms with van der Waals surface area (Å²) in [6, 6.07) is 6.35. The molecule has 1 N–H and O–H groups in total. The summed E-state index contributed by atoms with van der Waals surface area (Å²) in [6.45, 7) is 6.23. The highest BCUT2D eigenvalue weighted by molar-refractivity contribution is 7.09. The van der Waals surface area contributed by atoms with Crippen LogP contribution in [0.15, 0.2) is 29.6 Å². The third-order valence-electron chi connectivity index (χ3n) is 4.62. The number of nitrogens with zero attached hydrogens (tertiary/aromatic N) is 3. The SMILES string of the molecule is CCOC(=O)CNC(=O)CN1CCN(Cc2nc(-c3ccc(F)cc3)cs2)CC1. The summed E-state index contributed by atoms with van der Waals surface area (Å²) >= 11 is 1.60. The van der Waals surface area contributed by atoms with Crippen LogP contribution in [-0.2, 0) is 20.9 Å². The minimum atomic E-state index is -0.422. The van der Waals surface area contributed by atoms with E-state index in [1.807, 2.05) is 5.38 Å². The molecule has 0 bridgehead atoms. The second-order valence-corrected chi connectivity index (χ2v) is 7.71. The Labute approximate surface area is 173 Å². The molecule has 156 valence electrons. The lowest BCUT2D eigenvalue weighted by Gasteiger charge is -2.33. The number of carbonyl (C=O) groups is 2. The highest BCUT2D eigenvalue weighted by Gasteiger charge is 2.20. The summed E-state index contributed by atoms with van der Waals surface area (Å²) in [5.41, 5.74) is 1.77. The molecule has 1 fully saturated rings. The van der Waals surface area contributed by atoms with Crippen LogP contribution in [0, 0.1) is 5.82 Å². The Morgan fingerprint density at radius 2 is 1.86 bits per heavy atom. The van der Waals surface area contributed by atoms with Crippen LogP contribution < -0.4 is 5.32 Å². The largest absolute Gasteiger partial charge is 0.465 e. The number of amides is 1. The van der Waals surface area contributed by atoms with Gasteiger partial charge in [-0.15, -0.1) is 11.3 Å². The van der Waals surface area contributed by atoms with E-state index in [2.05, 4.69) is 20.1 Å². The second-order valence-electron chi connectivity index (χ2n) is 6.77. The van der Waals surface area contributed by atoms with E-state index in [0.29, 0.717) is 6.61 Å². The van der Waals surface area contributed by atoms with Crippen molar-refractivity contribution in [1.29, 1.82) is 0 Å². The minimum Gasteiger partial charge on any atom is -0.465 e. The molecule has 7 nitrogen and oxygen atoms in total. The lowest BCUT2D eigenvalue weighted by molar-refractivity contribution is -0.143. The molecule has 0 radical (unpaired) electrons. The summed E-state index contributed by atoms with van der Waals surface area (Å²) in [7, 11) is 0. The van der Waals surface area contributed by atoms with Crippen molar-refractivity contribution >= 4 is 23.2 Å². The molecule has 0 aliphatic carbocycles. The van der Waals surface area contributed by atoms with E-state index in [9.17, 15) is 14.0 Å². The van der Waals surface area contributed by atoms with Crippen molar-refractivity contribution in [3.8, 4) is 11.3 Å². The van der Waals surface area contributed by atoms with Gasteiger partial charge in [-0.05, 0) is 31.2 Å². The molecule has 2 aromatic rings. The maximum Gasteiger partial charge on any atom is 0.325 e. The van der Waals surface area contributed by atoms with Crippen molar-refractivity contribution in [2.45, 2.75) is 13.5 Å². The lowest BCUT2D eigenvalue weighted by Crippen LogP contribution is -2.49. The van der Waals surface area contributed by atoms with E-state index in [4.69, 9.17) is 4.74 Å². The molecule has 29 heavy (non-hydrogen) atoms. The van der Waals surface area contributed by atoms with Gasteiger partial charge in [0.1, 0.15) is 17.4 Å². The van der Waals surface area contributed by atoms with Crippen molar-refractivity contribution in [2.24, 2.45) is 0 Å². The highest BCUT2D eigenvalue weighted by Crippen LogP contribution is 2.23. The Kier molecular flexibility index (Phi) is 7.68. The first-order valence-corrected chi connectivity index (χ1v) is 10.5. The van der Waals surface area contributed by atoms with Gasteiger partial charge in [0.05, 0.1) is 25.4 Å². The van der Waals surface area contributed by atoms with Gasteiger partial charge in [0.25, 0.3) is 0 Å². The lowest BCUT2D eigenvalue weighted by atomic mass is 10.2. The summed E-state index contributed by atoms with van der Waals surface area (Å²) in [4.78, 5) is 32.3. The Balaban J connectivity index is 1.40. The van der Waals surface area contributed by atoms with Gasteiger partial charge in [0.2, 0.25) is 5.91 Å². The Morgan fingerprint density at radius 1 is 1.17 bits per heavy atom. The monoisotopic (exact) mass is 420 g/mol. The standard InChI is InChI=1S/C20H25FN4O3S/c1-2-28-20(27)11-22-18(26)12-24-7-9-25(10-8-24)13-19-23-17(14-29-19)15-3-5-16(21)6-4-15/h3-6,14H,2,7-13H2,1H3,(H,22,26). The maximum atomic E-state index is 13.1. The molecule has 2 heterocycles. The number of rotatable bonds is 8. The summed E-state index contributed by atoms with van der Waals surface area (Å²) < 4.78 is 17.9. The molecule has 0 atom stereocenters. The molecule has 3 rings (SSSR count). The van der Waals surface area contributed by atoms with Gasteiger partial charge in [-0.2, -0.15) is 0 Å². The van der Waals surface area contributed by atoms with Crippen LogP contribution >= 0.6 is 11.3 Å². The number of benzene rings is 1. The number of esters is 1. The van der Waals surface area contributed by atoms with E-state index in [0.717, 1.165) is 49.0 Å². The Hall–Kier alpha value is -2.36. The Bertz CT molecular complexity index is 819. The number of halogens is 1. The molecule has 1 saturated heterocycles. The smallest absolute Gasteiger partial charge is 0.325 e. The van der Waals surface area contributed by atoms with Crippen molar-refractivity contribution in [1.82, 2.24) is 20.1 Å². The molecule has 1 aromatic heterocycles. The summed E-state index contributed by atoms with van der Waals surface area (Å²) in [5, 5.41) is 5.60. The van der Waals surface area contributed by atoms with Crippen LogP contribution in [0.1, 0.15) is 11.9 Å². The van der Waals surface area contributed by atoms with Crippen LogP contribution in [0.25, 0.3) is 11.3 Å². The zero-order chi connectivity index (χ0) is 20.6. The fourth-order valence-corrected chi connectivity index (χ4v) is 3.92. The average Bonchev–Trinajstić information content (AvgIpc) is 3.17. The Morgan fingerprint density at radius 3 is 2.55 bits per heavy atom. The van der Waals surface area contributed by atoms with E-state index < -0.39 is 5.97 Å². The van der Waals surface area contributed by atoms with Crippen LogP contribution in [0.2, 0.25) is 0 Å². The number of nitrogens with one attached hydrogen (secondary N) is 1. The molecule has 0 unspecified atom stereocenters. The number of carbonyl (C=O) groups excluding carboxylic acids is 2. The summed E-state index contributed by atoms with van der Waals surface area (Å²) in [6.07, 6.45) is 0. The zero-order valence-electron chi connectivity index (χ0n) is 16.4.